The van der Waals surface area contributed by atoms with E-state index in [4.69, 9.17) is 0 Å². The predicted molar refractivity (Wildman–Crippen MR) is 47.8 cm³/mol. The molecule has 63 valence electrons. The number of aryl methyl sites for hydroxylation is 1. The van der Waals surface area contributed by atoms with Crippen LogP contribution in [0.2, 0.25) is 0 Å². The van der Waals surface area contributed by atoms with E-state index in [1.807, 2.05) is 24.3 Å². The van der Waals surface area contributed by atoms with Crippen LogP contribution < -0.4 is 0 Å². The van der Waals surface area contributed by atoms with Gasteiger partial charge in [-0.15, -0.1) is 12.3 Å². The molecule has 0 saturated carbocycles. The van der Waals surface area contributed by atoms with Gasteiger partial charge in [-0.25, -0.2) is 0 Å². The Morgan fingerprint density at radius 3 is 2.62 bits per heavy atom. The smallest absolute Gasteiger partial charge is 0.00511 e. The molecule has 0 aliphatic heterocycles. The van der Waals surface area contributed by atoms with Crippen LogP contribution in [-0.2, 0) is 39.1 Å². The summed E-state index contributed by atoms with van der Waals surface area (Å²) in [4.78, 5) is 8.54. The summed E-state index contributed by atoms with van der Waals surface area (Å²) in [6.07, 6.45) is 3.79. The van der Waals surface area contributed by atoms with E-state index < -0.39 is 0 Å². The van der Waals surface area contributed by atoms with Crippen molar-refractivity contribution in [2.75, 3.05) is 0 Å². The third kappa shape index (κ3) is 2.32. The summed E-state index contributed by atoms with van der Waals surface area (Å²) < 4.78 is 0. The van der Waals surface area contributed by atoms with E-state index in [0.29, 0.717) is 0 Å². The van der Waals surface area contributed by atoms with Crippen molar-refractivity contribution in [3.05, 3.63) is 36.2 Å². The van der Waals surface area contributed by atoms with Crippen LogP contribution in [-0.4, -0.2) is 9.97 Å². The number of para-hydroxylation sites is 2. The van der Waals surface area contributed by atoms with Gasteiger partial charge < -0.3 is 4.98 Å². The van der Waals surface area contributed by atoms with E-state index in [1.165, 1.54) is 0 Å². The number of hydrogen-bond acceptors (Lipinski definition) is 2. The Bertz CT molecular complexity index is 401. The van der Waals surface area contributed by atoms with Crippen LogP contribution in [0.25, 0.3) is 11.0 Å². The van der Waals surface area contributed by atoms with Gasteiger partial charge in [0, 0.05) is 38.2 Å². The Morgan fingerprint density at radius 2 is 1.92 bits per heavy atom. The van der Waals surface area contributed by atoms with Crippen LogP contribution in [0.5, 0.6) is 0 Å². The molecule has 1 radical (unpaired) electrons. The van der Waals surface area contributed by atoms with Crippen LogP contribution in [0.1, 0.15) is 12.6 Å². The molecular weight excluding hydrogens is 237 g/mol. The first-order valence-electron chi connectivity index (χ1n) is 4.03. The summed E-state index contributed by atoms with van der Waals surface area (Å²) in [6, 6.07) is 7.83. The fourth-order valence-corrected chi connectivity index (χ4v) is 1.11. The zero-order valence-electron chi connectivity index (χ0n) is 7.49. The van der Waals surface area contributed by atoms with Gasteiger partial charge in [0.25, 0.3) is 0 Å². The predicted octanol–water partition coefficient (Wildman–Crippen LogP) is 1.99. The first-order valence-corrected chi connectivity index (χ1v) is 4.03. The third-order valence-corrected chi connectivity index (χ3v) is 1.78. The van der Waals surface area contributed by atoms with E-state index in [1.54, 1.807) is 0 Å². The van der Waals surface area contributed by atoms with E-state index in [9.17, 15) is 0 Å². The Hall–Kier alpha value is -0.336. The van der Waals surface area contributed by atoms with Crippen molar-refractivity contribution in [3.63, 3.8) is 0 Å². The first-order chi connectivity index (χ1) is 5.90. The van der Waals surface area contributed by atoms with Crippen molar-refractivity contribution in [3.8, 4) is 0 Å². The fraction of sp³-hybridized carbons (Fsp3) is 0.200. The molecule has 0 unspecified atom stereocenters. The molecule has 0 spiro atoms. The van der Waals surface area contributed by atoms with Crippen molar-refractivity contribution in [2.24, 2.45) is 0 Å². The van der Waals surface area contributed by atoms with E-state index in [0.717, 1.165) is 23.1 Å². The molecule has 2 nitrogen and oxygen atoms in total. The molecule has 0 atom stereocenters. The van der Waals surface area contributed by atoms with E-state index >= 15 is 0 Å². The molecule has 0 saturated heterocycles. The second kappa shape index (κ2) is 4.78. The standard InChI is InChI=1S/C10H9N2.Y/c1-2-8-7-11-9-5-3-4-6-10(9)12-8;/h3-6H,2H2,1H3;/q-1;. The molecule has 0 bridgehead atoms. The minimum Gasteiger partial charge on any atom is -0.448 e. The number of rotatable bonds is 1. The molecule has 0 aliphatic carbocycles. The largest absolute Gasteiger partial charge is 0.448 e. The Morgan fingerprint density at radius 1 is 1.23 bits per heavy atom. The maximum absolute atomic E-state index is 4.38. The second-order valence-electron chi connectivity index (χ2n) is 2.62. The van der Waals surface area contributed by atoms with Crippen LogP contribution in [0, 0.1) is 6.20 Å². The van der Waals surface area contributed by atoms with Gasteiger partial charge in [0.05, 0.1) is 0 Å². The van der Waals surface area contributed by atoms with Crippen LogP contribution in [0.3, 0.4) is 0 Å². The average molecular weight is 246 g/mol. The molecule has 3 heteroatoms. The van der Waals surface area contributed by atoms with E-state index in [-0.39, 0.29) is 32.7 Å². The minimum atomic E-state index is 0. The molecule has 1 heterocycles. The van der Waals surface area contributed by atoms with Crippen molar-refractivity contribution in [2.45, 2.75) is 13.3 Å². The number of fused-ring (bicyclic) bond motifs is 1. The van der Waals surface area contributed by atoms with Gasteiger partial charge in [-0.1, -0.05) is 30.6 Å². The van der Waals surface area contributed by atoms with Crippen molar-refractivity contribution in [1.82, 2.24) is 9.97 Å². The average Bonchev–Trinajstić information content (AvgIpc) is 2.17. The molecule has 2 rings (SSSR count). The minimum absolute atomic E-state index is 0. The summed E-state index contributed by atoms with van der Waals surface area (Å²) in [5.74, 6) is 0. The van der Waals surface area contributed by atoms with Gasteiger partial charge >= 0.3 is 0 Å². The van der Waals surface area contributed by atoms with Crippen LogP contribution in [0.15, 0.2) is 24.3 Å². The monoisotopic (exact) mass is 246 g/mol. The van der Waals surface area contributed by atoms with Gasteiger partial charge in [-0.05, 0) is 12.1 Å². The molecule has 1 aromatic carbocycles. The first kappa shape index (κ1) is 10.7. The molecule has 1 aromatic heterocycles. The summed E-state index contributed by atoms with van der Waals surface area (Å²) in [7, 11) is 0. The number of hydrogen-bond donors (Lipinski definition) is 0. The van der Waals surface area contributed by atoms with Crippen LogP contribution >= 0.6 is 0 Å². The Kier molecular flexibility index (Phi) is 3.95. The number of aromatic nitrogens is 2. The van der Waals surface area contributed by atoms with E-state index in [2.05, 4.69) is 23.1 Å². The van der Waals surface area contributed by atoms with Crippen molar-refractivity contribution >= 4 is 11.0 Å². The number of nitrogens with zero attached hydrogens (tertiary/aromatic N) is 2. The SMILES string of the molecule is CCc1[c-]nc2ccccc2n1.[Y]. The molecule has 2 aromatic rings. The molecule has 13 heavy (non-hydrogen) atoms. The molecule has 0 aliphatic rings. The molecule has 0 N–H and O–H groups in total. The topological polar surface area (TPSA) is 25.8 Å². The Balaban J connectivity index is 0.000000845. The fourth-order valence-electron chi connectivity index (χ4n) is 1.11. The number of benzene rings is 1. The zero-order valence-corrected chi connectivity index (χ0v) is 10.3. The second-order valence-corrected chi connectivity index (χ2v) is 2.62. The summed E-state index contributed by atoms with van der Waals surface area (Å²) in [6.45, 7) is 2.05. The maximum Gasteiger partial charge on any atom is 0.00511 e. The normalized spacial score (nSPS) is 9.62. The molecule has 0 fully saturated rings. The van der Waals surface area contributed by atoms with Gasteiger partial charge in [-0.3, -0.25) is 4.98 Å². The van der Waals surface area contributed by atoms with Crippen molar-refractivity contribution < 1.29 is 32.7 Å². The van der Waals surface area contributed by atoms with Crippen molar-refractivity contribution in [1.29, 1.82) is 0 Å². The van der Waals surface area contributed by atoms with Gasteiger partial charge in [-0.2, -0.15) is 0 Å². The quantitative estimate of drug-likeness (QED) is 0.719. The zero-order chi connectivity index (χ0) is 8.39. The third-order valence-electron chi connectivity index (χ3n) is 1.78. The van der Waals surface area contributed by atoms with Gasteiger partial charge in [0.2, 0.25) is 0 Å². The summed E-state index contributed by atoms with van der Waals surface area (Å²) in [5, 5.41) is 0. The van der Waals surface area contributed by atoms with Gasteiger partial charge in [0.1, 0.15) is 0 Å². The Labute approximate surface area is 103 Å². The van der Waals surface area contributed by atoms with Crippen LogP contribution in [0.4, 0.5) is 0 Å². The molecular formula is C10H9N2Y-. The summed E-state index contributed by atoms with van der Waals surface area (Å²) in [5.41, 5.74) is 2.79. The van der Waals surface area contributed by atoms with Gasteiger partial charge in [0.15, 0.2) is 0 Å². The summed E-state index contributed by atoms with van der Waals surface area (Å²) >= 11 is 0. The maximum atomic E-state index is 4.38. The molecule has 0 amide bonds.